The van der Waals surface area contributed by atoms with Crippen LogP contribution in [0.1, 0.15) is 0 Å². The van der Waals surface area contributed by atoms with E-state index in [4.69, 9.17) is 4.74 Å². The normalized spacial score (nSPS) is 12.2. The Kier molecular flexibility index (Phi) is 5.48. The molecule has 9 heteroatoms. The van der Waals surface area contributed by atoms with Crippen molar-refractivity contribution in [1.82, 2.24) is 0 Å². The smallest absolute Gasteiger partial charge is 0.409 e. The zero-order valence-electron chi connectivity index (χ0n) is 13.3. The summed E-state index contributed by atoms with van der Waals surface area (Å²) in [6.07, 6.45) is -11.5. The molecular formula is C17H13F6NO2. The van der Waals surface area contributed by atoms with Crippen molar-refractivity contribution in [2.24, 2.45) is 5.92 Å². The molecule has 0 saturated heterocycles. The van der Waals surface area contributed by atoms with Crippen LogP contribution in [-0.2, 0) is 4.79 Å². The van der Waals surface area contributed by atoms with E-state index < -0.39 is 24.2 Å². The molecule has 1 N–H and O–H groups in total. The largest absolute Gasteiger partial charge is 0.495 e. The summed E-state index contributed by atoms with van der Waals surface area (Å²) in [5.41, 5.74) is 0.850. The molecule has 2 aromatic carbocycles. The van der Waals surface area contributed by atoms with Crippen molar-refractivity contribution in [3.8, 4) is 16.9 Å². The van der Waals surface area contributed by atoms with Gasteiger partial charge in [-0.2, -0.15) is 26.3 Å². The van der Waals surface area contributed by atoms with E-state index in [1.165, 1.54) is 19.2 Å². The van der Waals surface area contributed by atoms with Gasteiger partial charge in [-0.15, -0.1) is 0 Å². The number of rotatable bonds is 4. The highest BCUT2D eigenvalue weighted by molar-refractivity contribution is 5.95. The topological polar surface area (TPSA) is 38.3 Å². The highest BCUT2D eigenvalue weighted by Crippen LogP contribution is 2.40. The molecule has 1 amide bonds. The van der Waals surface area contributed by atoms with Gasteiger partial charge in [0.15, 0.2) is 0 Å². The summed E-state index contributed by atoms with van der Waals surface area (Å²) in [5, 5.41) is 1.68. The summed E-state index contributed by atoms with van der Waals surface area (Å²) in [6.45, 7) is 0. The van der Waals surface area contributed by atoms with E-state index in [1.807, 2.05) is 0 Å². The van der Waals surface area contributed by atoms with Crippen molar-refractivity contribution < 1.29 is 35.9 Å². The fourth-order valence-electron chi connectivity index (χ4n) is 2.30. The molecule has 0 aliphatic carbocycles. The van der Waals surface area contributed by atoms with Gasteiger partial charge in [0.1, 0.15) is 5.75 Å². The number of anilines is 1. The van der Waals surface area contributed by atoms with Crippen LogP contribution in [0.5, 0.6) is 5.75 Å². The third-order valence-corrected chi connectivity index (χ3v) is 3.48. The van der Waals surface area contributed by atoms with E-state index in [2.05, 4.69) is 0 Å². The minimum atomic E-state index is -5.77. The molecule has 140 valence electrons. The predicted molar refractivity (Wildman–Crippen MR) is 82.7 cm³/mol. The molecule has 0 aliphatic rings. The molecule has 0 heterocycles. The van der Waals surface area contributed by atoms with E-state index in [9.17, 15) is 31.1 Å². The van der Waals surface area contributed by atoms with E-state index >= 15 is 0 Å². The number of hydrogen-bond donors (Lipinski definition) is 1. The molecule has 0 fully saturated rings. The highest BCUT2D eigenvalue weighted by atomic mass is 19.4. The van der Waals surface area contributed by atoms with Crippen LogP contribution in [0.3, 0.4) is 0 Å². The number of methoxy groups -OCH3 is 1. The van der Waals surface area contributed by atoms with Gasteiger partial charge in [-0.1, -0.05) is 36.4 Å². The fraction of sp³-hybridized carbons (Fsp3) is 0.235. The van der Waals surface area contributed by atoms with Gasteiger partial charge >= 0.3 is 12.4 Å². The Labute approximate surface area is 144 Å². The van der Waals surface area contributed by atoms with Crippen LogP contribution in [0, 0.1) is 5.92 Å². The van der Waals surface area contributed by atoms with E-state index in [1.54, 1.807) is 41.7 Å². The van der Waals surface area contributed by atoms with Crippen LogP contribution in [0.15, 0.2) is 48.5 Å². The molecular weight excluding hydrogens is 364 g/mol. The van der Waals surface area contributed by atoms with Gasteiger partial charge in [-0.25, -0.2) is 0 Å². The first-order chi connectivity index (χ1) is 12.0. The van der Waals surface area contributed by atoms with Crippen LogP contribution in [0.2, 0.25) is 0 Å². The second kappa shape index (κ2) is 7.27. The van der Waals surface area contributed by atoms with E-state index in [0.717, 1.165) is 0 Å². The Balaban J connectivity index is 2.39. The summed E-state index contributed by atoms with van der Waals surface area (Å²) < 4.78 is 81.0. The second-order valence-electron chi connectivity index (χ2n) is 5.29. The van der Waals surface area contributed by atoms with Crippen molar-refractivity contribution in [3.63, 3.8) is 0 Å². The predicted octanol–water partition coefficient (Wildman–Crippen LogP) is 5.04. The Bertz CT molecular complexity index is 757. The number of ether oxygens (including phenoxy) is 1. The summed E-state index contributed by atoms with van der Waals surface area (Å²) >= 11 is 0. The Morgan fingerprint density at radius 2 is 1.50 bits per heavy atom. The minimum Gasteiger partial charge on any atom is -0.495 e. The summed E-state index contributed by atoms with van der Waals surface area (Å²) in [6, 6.07) is 12.7. The Morgan fingerprint density at radius 1 is 0.923 bits per heavy atom. The van der Waals surface area contributed by atoms with Gasteiger partial charge in [-0.05, 0) is 23.3 Å². The molecule has 0 saturated carbocycles. The van der Waals surface area contributed by atoms with Crippen LogP contribution < -0.4 is 10.1 Å². The van der Waals surface area contributed by atoms with Crippen LogP contribution in [0.25, 0.3) is 11.1 Å². The highest BCUT2D eigenvalue weighted by Gasteiger charge is 2.61. The van der Waals surface area contributed by atoms with Crippen LogP contribution in [-0.4, -0.2) is 25.4 Å². The van der Waals surface area contributed by atoms with Crippen LogP contribution >= 0.6 is 0 Å². The number of carbonyl (C=O) groups excluding carboxylic acids is 1. The lowest BCUT2D eigenvalue weighted by atomic mass is 10.0. The lowest BCUT2D eigenvalue weighted by Gasteiger charge is -2.22. The van der Waals surface area contributed by atoms with Crippen molar-refractivity contribution in [3.05, 3.63) is 48.5 Å². The number of amides is 1. The van der Waals surface area contributed by atoms with E-state index in [0.29, 0.717) is 11.1 Å². The maximum Gasteiger partial charge on any atom is 0.409 e. The molecule has 0 atom stereocenters. The molecule has 0 radical (unpaired) electrons. The first kappa shape index (κ1) is 19.6. The Hall–Kier alpha value is -2.71. The van der Waals surface area contributed by atoms with E-state index in [-0.39, 0.29) is 11.4 Å². The van der Waals surface area contributed by atoms with Crippen molar-refractivity contribution in [2.75, 3.05) is 12.4 Å². The second-order valence-corrected chi connectivity index (χ2v) is 5.29. The first-order valence-corrected chi connectivity index (χ1v) is 7.22. The van der Waals surface area contributed by atoms with Gasteiger partial charge in [0.2, 0.25) is 11.8 Å². The molecule has 2 aromatic rings. The maximum atomic E-state index is 12.7. The van der Waals surface area contributed by atoms with Gasteiger partial charge in [0.25, 0.3) is 0 Å². The van der Waals surface area contributed by atoms with Crippen molar-refractivity contribution in [1.29, 1.82) is 0 Å². The third-order valence-electron chi connectivity index (χ3n) is 3.48. The Morgan fingerprint density at radius 3 is 2.00 bits per heavy atom. The molecule has 0 spiro atoms. The molecule has 3 nitrogen and oxygen atoms in total. The van der Waals surface area contributed by atoms with Gasteiger partial charge < -0.3 is 10.1 Å². The van der Waals surface area contributed by atoms with Gasteiger partial charge in [0, 0.05) is 0 Å². The van der Waals surface area contributed by atoms with Crippen molar-refractivity contribution in [2.45, 2.75) is 12.4 Å². The number of alkyl halides is 6. The number of carbonyl (C=O) groups is 1. The summed E-state index contributed by atoms with van der Waals surface area (Å²) in [4.78, 5) is 11.7. The van der Waals surface area contributed by atoms with Crippen molar-refractivity contribution >= 4 is 11.6 Å². The number of halogens is 6. The zero-order chi connectivity index (χ0) is 19.5. The zero-order valence-corrected chi connectivity index (χ0v) is 13.3. The lowest BCUT2D eigenvalue weighted by molar-refractivity contribution is -0.272. The molecule has 0 aromatic heterocycles. The third kappa shape index (κ3) is 4.47. The number of hydrogen-bond acceptors (Lipinski definition) is 2. The minimum absolute atomic E-state index is 0.0684. The average molecular weight is 377 g/mol. The molecule has 0 bridgehead atoms. The molecule has 0 unspecified atom stereocenters. The molecule has 26 heavy (non-hydrogen) atoms. The monoisotopic (exact) mass is 377 g/mol. The fourth-order valence-corrected chi connectivity index (χ4v) is 2.30. The first-order valence-electron chi connectivity index (χ1n) is 7.22. The summed E-state index contributed by atoms with van der Waals surface area (Å²) in [5.74, 6) is -6.44. The molecule has 2 rings (SSSR count). The quantitative estimate of drug-likeness (QED) is 0.758. The SMILES string of the molecule is COc1ccc(-c2ccccc2)cc1NC(=O)C(C(F)(F)F)C(F)(F)F. The number of benzene rings is 2. The lowest BCUT2D eigenvalue weighted by Crippen LogP contribution is -2.45. The number of nitrogens with one attached hydrogen (secondary N) is 1. The van der Waals surface area contributed by atoms with Gasteiger partial charge in [0.05, 0.1) is 12.8 Å². The summed E-state index contributed by atoms with van der Waals surface area (Å²) in [7, 11) is 1.18. The maximum absolute atomic E-state index is 12.7. The molecule has 0 aliphatic heterocycles. The standard InChI is InChI=1S/C17H13F6NO2/c1-26-13-8-7-11(10-5-3-2-4-6-10)9-12(13)24-15(25)14(16(18,19)20)17(21,22)23/h2-9,14H,1H3,(H,24,25). The van der Waals surface area contributed by atoms with Crippen LogP contribution in [0.4, 0.5) is 32.0 Å². The average Bonchev–Trinajstić information content (AvgIpc) is 2.52. The van der Waals surface area contributed by atoms with Gasteiger partial charge in [-0.3, -0.25) is 4.79 Å².